The van der Waals surface area contributed by atoms with Crippen LogP contribution in [-0.4, -0.2) is 61.2 Å². The Hall–Kier alpha value is -1.45. The highest BCUT2D eigenvalue weighted by Crippen LogP contribution is 2.49. The average molecular weight is 379 g/mol. The molecule has 4 atom stereocenters. The van der Waals surface area contributed by atoms with Crippen LogP contribution >= 0.6 is 11.8 Å². The number of rotatable bonds is 9. The lowest BCUT2D eigenvalue weighted by Crippen LogP contribution is -2.16. The lowest BCUT2D eigenvalue weighted by atomic mass is 10.1. The molecule has 9 heteroatoms. The zero-order chi connectivity index (χ0) is 18.1. The number of aromatic nitrogens is 5. The van der Waals surface area contributed by atoms with Gasteiger partial charge in [0.05, 0.1) is 12.1 Å². The summed E-state index contributed by atoms with van der Waals surface area (Å²) in [5, 5.41) is 22.4. The van der Waals surface area contributed by atoms with Gasteiger partial charge in [-0.15, -0.1) is 5.10 Å². The summed E-state index contributed by atoms with van der Waals surface area (Å²) in [5.41, 5.74) is 1.47. The van der Waals surface area contributed by atoms with Crippen molar-refractivity contribution < 1.29 is 9.84 Å². The van der Waals surface area contributed by atoms with Crippen molar-refractivity contribution in [2.75, 3.05) is 24.2 Å². The Morgan fingerprint density at radius 2 is 2.15 bits per heavy atom. The Labute approximate surface area is 157 Å². The van der Waals surface area contributed by atoms with Gasteiger partial charge in [0, 0.05) is 24.8 Å². The number of unbranched alkanes of at least 4 members (excludes halogenated alkanes) is 1. The van der Waals surface area contributed by atoms with Gasteiger partial charge in [-0.25, -0.2) is 14.6 Å². The Morgan fingerprint density at radius 3 is 2.88 bits per heavy atom. The molecule has 2 aromatic rings. The molecule has 1 aliphatic carbocycles. The average Bonchev–Trinajstić information content (AvgIpc) is 3.19. The van der Waals surface area contributed by atoms with Gasteiger partial charge < -0.3 is 15.2 Å². The number of hydrogen-bond acceptors (Lipinski definition) is 8. The Bertz CT molecular complexity index is 769. The van der Waals surface area contributed by atoms with E-state index in [4.69, 9.17) is 9.72 Å². The smallest absolute Gasteiger partial charge is 0.191 e. The number of thioether (sulfide) groups is 1. The summed E-state index contributed by atoms with van der Waals surface area (Å²) < 4.78 is 7.62. The summed E-state index contributed by atoms with van der Waals surface area (Å²) >= 11 is 1.66. The first-order valence-electron chi connectivity index (χ1n) is 9.52. The second kappa shape index (κ2) is 7.66. The van der Waals surface area contributed by atoms with Gasteiger partial charge in [0.25, 0.3) is 0 Å². The zero-order valence-corrected chi connectivity index (χ0v) is 16.1. The first-order chi connectivity index (χ1) is 12.8. The zero-order valence-electron chi connectivity index (χ0n) is 15.3. The van der Waals surface area contributed by atoms with Gasteiger partial charge in [0.1, 0.15) is 6.10 Å². The number of anilines is 1. The molecular formula is C17H26N6O2S. The summed E-state index contributed by atoms with van der Waals surface area (Å²) in [6.07, 6.45) is 4.40. The molecule has 142 valence electrons. The molecule has 2 fully saturated rings. The van der Waals surface area contributed by atoms with Crippen molar-refractivity contribution in [3.63, 3.8) is 0 Å². The fourth-order valence-electron chi connectivity index (χ4n) is 3.62. The fraction of sp³-hybridized carbons (Fsp3) is 0.765. The summed E-state index contributed by atoms with van der Waals surface area (Å²) in [6, 6.07) is 0.0876. The van der Waals surface area contributed by atoms with E-state index in [9.17, 15) is 5.11 Å². The summed E-state index contributed by atoms with van der Waals surface area (Å²) in [7, 11) is 0. The van der Waals surface area contributed by atoms with Gasteiger partial charge in [0.2, 0.25) is 0 Å². The molecule has 26 heavy (non-hydrogen) atoms. The van der Waals surface area contributed by atoms with Crippen molar-refractivity contribution in [1.82, 2.24) is 25.0 Å². The largest absolute Gasteiger partial charge is 0.396 e. The van der Waals surface area contributed by atoms with Gasteiger partial charge in [-0.1, -0.05) is 37.2 Å². The lowest BCUT2D eigenvalue weighted by molar-refractivity contribution is 0.150. The van der Waals surface area contributed by atoms with E-state index in [0.717, 1.165) is 54.6 Å². The molecule has 0 bridgehead atoms. The maximum atomic E-state index is 9.53. The van der Waals surface area contributed by atoms with E-state index in [2.05, 4.69) is 34.5 Å². The topological polar surface area (TPSA) is 101 Å². The van der Waals surface area contributed by atoms with Gasteiger partial charge in [-0.3, -0.25) is 0 Å². The van der Waals surface area contributed by atoms with Crippen LogP contribution in [0.5, 0.6) is 0 Å². The Morgan fingerprint density at radius 1 is 1.27 bits per heavy atom. The summed E-state index contributed by atoms with van der Waals surface area (Å²) in [5.74, 6) is 1.92. The number of ether oxygens (including phenoxy) is 1. The van der Waals surface area contributed by atoms with E-state index in [1.54, 1.807) is 11.8 Å². The lowest BCUT2D eigenvalue weighted by Gasteiger charge is -2.14. The van der Waals surface area contributed by atoms with Crippen molar-refractivity contribution in [1.29, 1.82) is 0 Å². The van der Waals surface area contributed by atoms with E-state index < -0.39 is 0 Å². The van der Waals surface area contributed by atoms with Crippen LogP contribution in [0.3, 0.4) is 0 Å². The maximum absolute atomic E-state index is 9.53. The van der Waals surface area contributed by atoms with E-state index in [1.165, 1.54) is 0 Å². The van der Waals surface area contributed by atoms with Gasteiger partial charge >= 0.3 is 0 Å². The molecule has 1 aliphatic heterocycles. The minimum Gasteiger partial charge on any atom is -0.396 e. The summed E-state index contributed by atoms with van der Waals surface area (Å²) in [4.78, 5) is 9.41. The fourth-order valence-corrected chi connectivity index (χ4v) is 4.31. The molecule has 0 amide bonds. The van der Waals surface area contributed by atoms with E-state index in [1.807, 2.05) is 4.68 Å². The normalized spacial score (nSPS) is 27.0. The van der Waals surface area contributed by atoms with Crippen LogP contribution < -0.4 is 5.32 Å². The van der Waals surface area contributed by atoms with E-state index in [-0.39, 0.29) is 30.8 Å². The highest BCUT2D eigenvalue weighted by atomic mass is 32.2. The number of aliphatic hydroxyl groups is 1. The van der Waals surface area contributed by atoms with Crippen LogP contribution in [0, 0.1) is 5.92 Å². The predicted octanol–water partition coefficient (Wildman–Crippen LogP) is 2.26. The van der Waals surface area contributed by atoms with Crippen LogP contribution in [0.1, 0.15) is 45.6 Å². The molecule has 0 radical (unpaired) electrons. The van der Waals surface area contributed by atoms with Crippen LogP contribution in [0.15, 0.2) is 5.16 Å². The molecule has 0 spiro atoms. The van der Waals surface area contributed by atoms with E-state index >= 15 is 0 Å². The minimum absolute atomic E-state index is 0.0876. The van der Waals surface area contributed by atoms with Crippen LogP contribution in [-0.2, 0) is 4.74 Å². The number of hydrogen-bond donors (Lipinski definition) is 2. The molecule has 8 nitrogen and oxygen atoms in total. The third kappa shape index (κ3) is 3.27. The number of epoxide rings is 1. The molecule has 3 heterocycles. The quantitative estimate of drug-likeness (QED) is 0.296. The number of nitrogens with zero attached hydrogens (tertiary/aromatic N) is 5. The Balaban J connectivity index is 1.67. The number of nitrogens with one attached hydrogen (secondary N) is 1. The van der Waals surface area contributed by atoms with Crippen molar-refractivity contribution in [3.05, 3.63) is 0 Å². The molecule has 2 aromatic heterocycles. The highest BCUT2D eigenvalue weighted by molar-refractivity contribution is 7.99. The number of fused-ring (bicyclic) bond motifs is 2. The third-order valence-electron chi connectivity index (χ3n) is 5.06. The molecule has 1 saturated heterocycles. The first-order valence-corrected chi connectivity index (χ1v) is 10.5. The second-order valence-electron chi connectivity index (χ2n) is 7.00. The highest BCUT2D eigenvalue weighted by Gasteiger charge is 2.57. The van der Waals surface area contributed by atoms with Crippen molar-refractivity contribution in [2.45, 2.75) is 62.9 Å². The molecule has 2 N–H and O–H groups in total. The first kappa shape index (κ1) is 17.9. The predicted molar refractivity (Wildman–Crippen MR) is 100 cm³/mol. The molecule has 1 saturated carbocycles. The van der Waals surface area contributed by atoms with Gasteiger partial charge in [-0.2, -0.15) is 0 Å². The molecule has 4 unspecified atom stereocenters. The van der Waals surface area contributed by atoms with Gasteiger partial charge in [0.15, 0.2) is 22.1 Å². The maximum Gasteiger partial charge on any atom is 0.191 e. The third-order valence-corrected chi connectivity index (χ3v) is 6.11. The second-order valence-corrected chi connectivity index (χ2v) is 8.06. The van der Waals surface area contributed by atoms with Crippen molar-refractivity contribution >= 4 is 28.7 Å². The standard InChI is InChI=1S/C17H26N6O2S/c1-3-5-6-18-15-12-16(20-17(19-15)26-7-4-2)23(22-21-12)11-8-10(9-24)13-14(11)25-13/h10-11,13-14,24H,3-9H2,1-2H3,(H,18,19,20). The number of aliphatic hydroxyl groups excluding tert-OH is 1. The Kier molecular flexibility index (Phi) is 5.28. The van der Waals surface area contributed by atoms with E-state index in [0.29, 0.717) is 5.52 Å². The molecule has 0 aromatic carbocycles. The molecule has 4 rings (SSSR count). The molecular weight excluding hydrogens is 352 g/mol. The summed E-state index contributed by atoms with van der Waals surface area (Å²) in [6.45, 7) is 5.33. The minimum atomic E-state index is 0.0876. The molecule has 2 aliphatic rings. The monoisotopic (exact) mass is 378 g/mol. The van der Waals surface area contributed by atoms with Crippen molar-refractivity contribution in [3.8, 4) is 0 Å². The van der Waals surface area contributed by atoms with Crippen molar-refractivity contribution in [2.24, 2.45) is 5.92 Å². The van der Waals surface area contributed by atoms with Crippen LogP contribution in [0.25, 0.3) is 11.2 Å². The van der Waals surface area contributed by atoms with Crippen LogP contribution in [0.4, 0.5) is 5.82 Å². The SMILES string of the molecule is CCCCNc1nc(SCCC)nc2c1nnn2C1CC(CO)C2OC21. The van der Waals surface area contributed by atoms with Crippen LogP contribution in [0.2, 0.25) is 0 Å². The van der Waals surface area contributed by atoms with Gasteiger partial charge in [-0.05, 0) is 19.3 Å².